The first-order valence-electron chi connectivity index (χ1n) is 10.4. The number of piperazine rings is 1. The summed E-state index contributed by atoms with van der Waals surface area (Å²) in [5.41, 5.74) is 2.72. The Morgan fingerprint density at radius 3 is 2.35 bits per heavy atom. The average molecular weight is 456 g/mol. The molecule has 1 fully saturated rings. The van der Waals surface area contributed by atoms with Gasteiger partial charge in [0.25, 0.3) is 5.91 Å². The summed E-state index contributed by atoms with van der Waals surface area (Å²) in [6.07, 6.45) is 0. The highest BCUT2D eigenvalue weighted by Gasteiger charge is 2.26. The fourth-order valence-electron chi connectivity index (χ4n) is 3.59. The number of anilines is 1. The molecule has 3 heterocycles. The normalized spacial score (nSPS) is 14.4. The van der Waals surface area contributed by atoms with Crippen LogP contribution in [0.25, 0.3) is 10.6 Å². The smallest absolute Gasteiger partial charge is 0.265 e. The number of hydrogen-bond donors (Lipinski definition) is 0. The summed E-state index contributed by atoms with van der Waals surface area (Å²) < 4.78 is 0. The van der Waals surface area contributed by atoms with Crippen LogP contribution in [0.4, 0.5) is 5.82 Å². The zero-order valence-corrected chi connectivity index (χ0v) is 19.8. The van der Waals surface area contributed by atoms with Crippen molar-refractivity contribution in [1.29, 1.82) is 0 Å². The van der Waals surface area contributed by atoms with E-state index in [9.17, 15) is 4.79 Å². The molecule has 8 heteroatoms. The van der Waals surface area contributed by atoms with Crippen LogP contribution in [0.5, 0.6) is 0 Å². The van der Waals surface area contributed by atoms with Crippen LogP contribution in [-0.2, 0) is 0 Å². The second-order valence-corrected chi connectivity index (χ2v) is 9.54. The summed E-state index contributed by atoms with van der Waals surface area (Å²) in [4.78, 5) is 32.0. The number of carbonyl (C=O) groups excluding carboxylic acids is 1. The Hall–Kier alpha value is -2.51. The zero-order valence-electron chi connectivity index (χ0n) is 18.2. The highest BCUT2D eigenvalue weighted by Crippen LogP contribution is 2.30. The molecule has 3 aromatic rings. The third-order valence-corrected chi connectivity index (χ3v) is 6.79. The number of carbonyl (C=O) groups is 1. The molecule has 1 aromatic carbocycles. The summed E-state index contributed by atoms with van der Waals surface area (Å²) in [6.45, 7) is 10.9. The van der Waals surface area contributed by atoms with Crippen molar-refractivity contribution in [2.45, 2.75) is 33.6 Å². The average Bonchev–Trinajstić information content (AvgIpc) is 3.15. The van der Waals surface area contributed by atoms with Crippen molar-refractivity contribution in [3.63, 3.8) is 0 Å². The summed E-state index contributed by atoms with van der Waals surface area (Å²) in [6, 6.07) is 9.57. The molecule has 31 heavy (non-hydrogen) atoms. The van der Waals surface area contributed by atoms with Crippen molar-refractivity contribution in [2.24, 2.45) is 0 Å². The highest BCUT2D eigenvalue weighted by molar-refractivity contribution is 7.17. The van der Waals surface area contributed by atoms with Crippen molar-refractivity contribution >= 4 is 34.7 Å². The van der Waals surface area contributed by atoms with E-state index in [-0.39, 0.29) is 11.8 Å². The lowest BCUT2D eigenvalue weighted by Gasteiger charge is -2.35. The van der Waals surface area contributed by atoms with Gasteiger partial charge in [0.2, 0.25) is 0 Å². The summed E-state index contributed by atoms with van der Waals surface area (Å²) in [7, 11) is 0. The molecule has 0 radical (unpaired) electrons. The van der Waals surface area contributed by atoms with Gasteiger partial charge in [0.05, 0.1) is 5.69 Å². The Kier molecular flexibility index (Phi) is 6.25. The molecule has 162 valence electrons. The van der Waals surface area contributed by atoms with E-state index in [0.29, 0.717) is 23.0 Å². The molecular weight excluding hydrogens is 430 g/mol. The molecule has 1 aliphatic rings. The van der Waals surface area contributed by atoms with Crippen molar-refractivity contribution in [2.75, 3.05) is 31.1 Å². The lowest BCUT2D eigenvalue weighted by atomic mass is 10.2. The predicted molar refractivity (Wildman–Crippen MR) is 126 cm³/mol. The first kappa shape index (κ1) is 21.7. The fourth-order valence-corrected chi connectivity index (χ4v) is 4.75. The second-order valence-electron chi connectivity index (χ2n) is 8.10. The first-order chi connectivity index (χ1) is 14.8. The third-order valence-electron chi connectivity index (χ3n) is 5.35. The van der Waals surface area contributed by atoms with Crippen molar-refractivity contribution in [3.05, 3.63) is 57.4 Å². The number of nitrogens with zero attached hydrogens (tertiary/aromatic N) is 5. The Bertz CT molecular complexity index is 1090. The van der Waals surface area contributed by atoms with Crippen LogP contribution in [-0.4, -0.2) is 51.9 Å². The summed E-state index contributed by atoms with van der Waals surface area (Å²) >= 11 is 7.43. The number of benzene rings is 1. The van der Waals surface area contributed by atoms with Gasteiger partial charge in [-0.3, -0.25) is 4.79 Å². The van der Waals surface area contributed by atoms with E-state index in [4.69, 9.17) is 16.6 Å². The standard InChI is InChI=1S/C23H26ClN5OS/c1-14(2)21-25-15(3)13-19(27-21)28-9-11-29(12-10-28)23(30)20-16(4)26-22(31-20)17-5-7-18(24)8-6-17/h5-8,13-14H,9-12H2,1-4H3. The summed E-state index contributed by atoms with van der Waals surface area (Å²) in [5, 5.41) is 1.53. The fraction of sp³-hybridized carbons (Fsp3) is 0.391. The Morgan fingerprint density at radius 1 is 1.03 bits per heavy atom. The van der Waals surface area contributed by atoms with Gasteiger partial charge >= 0.3 is 0 Å². The maximum Gasteiger partial charge on any atom is 0.265 e. The molecule has 1 aliphatic heterocycles. The highest BCUT2D eigenvalue weighted by atomic mass is 35.5. The molecule has 0 atom stereocenters. The Balaban J connectivity index is 1.46. The van der Waals surface area contributed by atoms with Crippen LogP contribution >= 0.6 is 22.9 Å². The monoisotopic (exact) mass is 455 g/mol. The molecule has 0 aliphatic carbocycles. The minimum Gasteiger partial charge on any atom is -0.353 e. The minimum atomic E-state index is 0.0524. The van der Waals surface area contributed by atoms with Gasteiger partial charge in [-0.15, -0.1) is 11.3 Å². The van der Waals surface area contributed by atoms with Gasteiger partial charge in [0, 0.05) is 54.4 Å². The molecule has 0 spiro atoms. The molecule has 0 N–H and O–H groups in total. The van der Waals surface area contributed by atoms with Crippen LogP contribution in [0, 0.1) is 13.8 Å². The van der Waals surface area contributed by atoms with E-state index in [0.717, 1.165) is 46.7 Å². The van der Waals surface area contributed by atoms with Crippen LogP contribution in [0.3, 0.4) is 0 Å². The molecule has 2 aromatic heterocycles. The van der Waals surface area contributed by atoms with Gasteiger partial charge < -0.3 is 9.80 Å². The molecule has 0 saturated carbocycles. The van der Waals surface area contributed by atoms with Gasteiger partial charge in [0.1, 0.15) is 21.5 Å². The van der Waals surface area contributed by atoms with E-state index in [1.807, 2.05) is 49.1 Å². The number of hydrogen-bond acceptors (Lipinski definition) is 6. The van der Waals surface area contributed by atoms with Crippen LogP contribution in [0.2, 0.25) is 5.02 Å². The Labute approximate surface area is 191 Å². The van der Waals surface area contributed by atoms with Gasteiger partial charge in [0.15, 0.2) is 0 Å². The maximum absolute atomic E-state index is 13.2. The van der Waals surface area contributed by atoms with Gasteiger partial charge in [-0.25, -0.2) is 15.0 Å². The number of thiazole rings is 1. The molecule has 0 unspecified atom stereocenters. The lowest BCUT2D eigenvalue weighted by molar-refractivity contribution is 0.0750. The number of rotatable bonds is 4. The van der Waals surface area contributed by atoms with Crippen molar-refractivity contribution in [1.82, 2.24) is 19.9 Å². The minimum absolute atomic E-state index is 0.0524. The largest absolute Gasteiger partial charge is 0.353 e. The number of aryl methyl sites for hydroxylation is 2. The second kappa shape index (κ2) is 8.93. The summed E-state index contributed by atoms with van der Waals surface area (Å²) in [5.74, 6) is 2.15. The zero-order chi connectivity index (χ0) is 22.1. The van der Waals surface area contributed by atoms with Crippen LogP contribution < -0.4 is 4.90 Å². The van der Waals surface area contributed by atoms with Gasteiger partial charge in [-0.2, -0.15) is 0 Å². The van der Waals surface area contributed by atoms with Crippen LogP contribution in [0.15, 0.2) is 30.3 Å². The van der Waals surface area contributed by atoms with Gasteiger partial charge in [-0.05, 0) is 26.0 Å². The van der Waals surface area contributed by atoms with E-state index in [2.05, 4.69) is 28.7 Å². The maximum atomic E-state index is 13.2. The van der Waals surface area contributed by atoms with E-state index < -0.39 is 0 Å². The van der Waals surface area contributed by atoms with Crippen molar-refractivity contribution in [3.8, 4) is 10.6 Å². The molecule has 1 saturated heterocycles. The predicted octanol–water partition coefficient (Wildman–Crippen LogP) is 4.96. The molecule has 6 nitrogen and oxygen atoms in total. The number of halogens is 1. The lowest BCUT2D eigenvalue weighted by Crippen LogP contribution is -2.49. The quantitative estimate of drug-likeness (QED) is 0.556. The molecular formula is C23H26ClN5OS. The van der Waals surface area contributed by atoms with Gasteiger partial charge in [-0.1, -0.05) is 37.6 Å². The van der Waals surface area contributed by atoms with E-state index >= 15 is 0 Å². The molecule has 1 amide bonds. The van der Waals surface area contributed by atoms with Crippen molar-refractivity contribution < 1.29 is 4.79 Å². The SMILES string of the molecule is Cc1cc(N2CCN(C(=O)c3sc(-c4ccc(Cl)cc4)nc3C)CC2)nc(C(C)C)n1. The topological polar surface area (TPSA) is 62.2 Å². The first-order valence-corrected chi connectivity index (χ1v) is 11.6. The Morgan fingerprint density at radius 2 is 1.71 bits per heavy atom. The van der Waals surface area contributed by atoms with E-state index in [1.165, 1.54) is 11.3 Å². The van der Waals surface area contributed by atoms with Crippen LogP contribution in [0.1, 0.15) is 46.6 Å². The third kappa shape index (κ3) is 4.72. The van der Waals surface area contributed by atoms with E-state index in [1.54, 1.807) is 0 Å². The molecule has 4 rings (SSSR count). The molecule has 0 bridgehead atoms. The number of aromatic nitrogens is 3. The number of amides is 1.